The van der Waals surface area contributed by atoms with Gasteiger partial charge in [-0.2, -0.15) is 0 Å². The van der Waals surface area contributed by atoms with Gasteiger partial charge in [-0.15, -0.1) is 10.2 Å². The fraction of sp³-hybridized carbons (Fsp3) is 0.0833. The van der Waals surface area contributed by atoms with Crippen molar-refractivity contribution in [3.63, 3.8) is 0 Å². The minimum atomic E-state index is -0.536. The van der Waals surface area contributed by atoms with Gasteiger partial charge in [-0.1, -0.05) is 51.8 Å². The molecule has 0 radical (unpaired) electrons. The van der Waals surface area contributed by atoms with E-state index in [1.165, 1.54) is 4.57 Å². The molecule has 3 aromatic carbocycles. The van der Waals surface area contributed by atoms with Gasteiger partial charge < -0.3 is 15.0 Å². The topological polar surface area (TPSA) is 96.1 Å². The van der Waals surface area contributed by atoms with Crippen molar-refractivity contribution in [2.75, 3.05) is 5.32 Å². The molecule has 0 bridgehead atoms. The number of hydrogen-bond donors (Lipinski definition) is 2. The molecule has 4 rings (SSSR count). The van der Waals surface area contributed by atoms with Crippen LogP contribution >= 0.6 is 15.9 Å². The van der Waals surface area contributed by atoms with Gasteiger partial charge in [-0.05, 0) is 49.4 Å². The van der Waals surface area contributed by atoms with E-state index in [9.17, 15) is 14.7 Å². The zero-order chi connectivity index (χ0) is 22.7. The minimum Gasteiger partial charge on any atom is -0.493 e. The van der Waals surface area contributed by atoms with Gasteiger partial charge in [0.05, 0.1) is 5.52 Å². The summed E-state index contributed by atoms with van der Waals surface area (Å²) in [6.07, 6.45) is 0. The molecule has 1 aromatic heterocycles. The number of para-hydroxylation sites is 1. The number of anilines is 1. The first-order chi connectivity index (χ1) is 15.4. The number of aryl methyl sites for hydroxylation is 1. The van der Waals surface area contributed by atoms with E-state index < -0.39 is 5.91 Å². The molecule has 7 nitrogen and oxygen atoms in total. The number of hydrogen-bond acceptors (Lipinski definition) is 4. The average molecular weight is 491 g/mol. The second-order valence-electron chi connectivity index (χ2n) is 7.20. The molecule has 0 aliphatic rings. The van der Waals surface area contributed by atoms with Crippen molar-refractivity contribution in [3.05, 3.63) is 88.4 Å². The Hall–Kier alpha value is -3.78. The Morgan fingerprint density at radius 3 is 2.41 bits per heavy atom. The number of fused-ring (bicyclic) bond motifs is 1. The lowest BCUT2D eigenvalue weighted by atomic mass is 10.2. The lowest BCUT2D eigenvalue weighted by Gasteiger charge is -2.08. The Morgan fingerprint density at radius 1 is 1.00 bits per heavy atom. The van der Waals surface area contributed by atoms with Crippen LogP contribution in [-0.4, -0.2) is 21.5 Å². The summed E-state index contributed by atoms with van der Waals surface area (Å²) in [4.78, 5) is 25.0. The quantitative estimate of drug-likeness (QED) is 0.336. The Morgan fingerprint density at radius 2 is 1.69 bits per heavy atom. The van der Waals surface area contributed by atoms with Crippen molar-refractivity contribution in [2.45, 2.75) is 13.5 Å². The molecule has 0 aliphatic heterocycles. The van der Waals surface area contributed by atoms with Crippen LogP contribution in [0.1, 0.15) is 15.9 Å². The van der Waals surface area contributed by atoms with E-state index in [2.05, 4.69) is 31.5 Å². The van der Waals surface area contributed by atoms with E-state index in [0.29, 0.717) is 22.2 Å². The van der Waals surface area contributed by atoms with Crippen LogP contribution in [0.4, 0.5) is 11.4 Å². The molecule has 0 saturated carbocycles. The summed E-state index contributed by atoms with van der Waals surface area (Å²) < 4.78 is 2.28. The molecule has 160 valence electrons. The molecule has 32 heavy (non-hydrogen) atoms. The number of carbonyl (C=O) groups excluding carboxylic acids is 2. The molecule has 0 fully saturated rings. The van der Waals surface area contributed by atoms with Crippen molar-refractivity contribution in [1.82, 2.24) is 4.57 Å². The first kappa shape index (κ1) is 21.5. The van der Waals surface area contributed by atoms with Crippen LogP contribution in [0.5, 0.6) is 5.88 Å². The van der Waals surface area contributed by atoms with Crippen LogP contribution < -0.4 is 5.32 Å². The van der Waals surface area contributed by atoms with Gasteiger partial charge >= 0.3 is 0 Å². The highest BCUT2D eigenvalue weighted by Gasteiger charge is 2.19. The van der Waals surface area contributed by atoms with Crippen LogP contribution in [0.25, 0.3) is 10.9 Å². The van der Waals surface area contributed by atoms with Crippen molar-refractivity contribution in [2.24, 2.45) is 10.2 Å². The normalized spacial score (nSPS) is 11.2. The third-order valence-corrected chi connectivity index (χ3v) is 5.42. The van der Waals surface area contributed by atoms with Gasteiger partial charge in [0.2, 0.25) is 11.8 Å². The zero-order valence-electron chi connectivity index (χ0n) is 17.1. The molecule has 1 heterocycles. The maximum absolute atomic E-state index is 12.6. The van der Waals surface area contributed by atoms with Crippen LogP contribution in [0.15, 0.2) is 87.5 Å². The predicted molar refractivity (Wildman–Crippen MR) is 126 cm³/mol. The lowest BCUT2D eigenvalue weighted by molar-refractivity contribution is -0.116. The third kappa shape index (κ3) is 4.60. The lowest BCUT2D eigenvalue weighted by Crippen LogP contribution is -2.18. The number of amides is 2. The van der Waals surface area contributed by atoms with E-state index in [4.69, 9.17) is 0 Å². The van der Waals surface area contributed by atoms with E-state index in [-0.39, 0.29) is 24.0 Å². The molecule has 0 aliphatic carbocycles. The number of azo groups is 1. The van der Waals surface area contributed by atoms with Crippen molar-refractivity contribution in [3.8, 4) is 5.88 Å². The molecular weight excluding hydrogens is 472 g/mol. The maximum Gasteiger partial charge on any atom is 0.295 e. The summed E-state index contributed by atoms with van der Waals surface area (Å²) in [6.45, 7) is 1.84. The van der Waals surface area contributed by atoms with E-state index in [1.807, 2.05) is 31.2 Å². The first-order valence-corrected chi connectivity index (χ1v) is 10.6. The van der Waals surface area contributed by atoms with Gasteiger partial charge in [-0.25, -0.2) is 0 Å². The molecule has 2 amide bonds. The Balaban J connectivity index is 1.61. The zero-order valence-corrected chi connectivity index (χ0v) is 18.7. The van der Waals surface area contributed by atoms with Crippen molar-refractivity contribution >= 4 is 50.0 Å². The number of aromatic nitrogens is 1. The van der Waals surface area contributed by atoms with Gasteiger partial charge in [-0.3, -0.25) is 9.59 Å². The van der Waals surface area contributed by atoms with E-state index in [0.717, 1.165) is 10.0 Å². The van der Waals surface area contributed by atoms with Gasteiger partial charge in [0, 0.05) is 21.1 Å². The summed E-state index contributed by atoms with van der Waals surface area (Å²) in [7, 11) is 0. The molecule has 4 aromatic rings. The predicted octanol–water partition coefficient (Wildman–Crippen LogP) is 5.98. The molecule has 2 N–H and O–H groups in total. The average Bonchev–Trinajstić information content (AvgIpc) is 3.05. The van der Waals surface area contributed by atoms with Gasteiger partial charge in [0.15, 0.2) is 5.69 Å². The number of aromatic hydroxyl groups is 1. The summed E-state index contributed by atoms with van der Waals surface area (Å²) >= 11 is 3.32. The molecule has 8 heteroatoms. The molecule has 0 unspecified atom stereocenters. The highest BCUT2D eigenvalue weighted by atomic mass is 79.9. The van der Waals surface area contributed by atoms with E-state index >= 15 is 0 Å². The van der Waals surface area contributed by atoms with Crippen molar-refractivity contribution < 1.29 is 14.7 Å². The Bertz CT molecular complexity index is 1330. The van der Waals surface area contributed by atoms with Crippen molar-refractivity contribution in [1.29, 1.82) is 0 Å². The van der Waals surface area contributed by atoms with Crippen LogP contribution in [-0.2, 0) is 11.3 Å². The smallest absolute Gasteiger partial charge is 0.295 e. The summed E-state index contributed by atoms with van der Waals surface area (Å²) in [5.41, 5.74) is 2.86. The largest absolute Gasteiger partial charge is 0.493 e. The Kier molecular flexibility index (Phi) is 6.13. The standard InChI is InChI=1S/C24H19BrN4O3/c1-15-6-12-18(13-7-15)26-21(30)14-29-20-5-3-2-4-19(20)22(24(29)32)27-28-23(31)16-8-10-17(25)11-9-16/h2-13,32H,14H2,1H3,(H,26,30). The Labute approximate surface area is 192 Å². The number of benzene rings is 3. The molecule has 0 saturated heterocycles. The number of nitrogens with one attached hydrogen (secondary N) is 1. The monoisotopic (exact) mass is 490 g/mol. The summed E-state index contributed by atoms with van der Waals surface area (Å²) in [6, 6.07) is 21.3. The maximum atomic E-state index is 12.6. The molecule has 0 atom stereocenters. The van der Waals surface area contributed by atoms with Gasteiger partial charge in [0.1, 0.15) is 6.54 Å². The third-order valence-electron chi connectivity index (χ3n) is 4.89. The fourth-order valence-corrected chi connectivity index (χ4v) is 3.52. The number of rotatable bonds is 5. The fourth-order valence-electron chi connectivity index (χ4n) is 3.26. The van der Waals surface area contributed by atoms with Crippen LogP contribution in [0.2, 0.25) is 0 Å². The minimum absolute atomic E-state index is 0.129. The van der Waals surface area contributed by atoms with E-state index in [1.54, 1.807) is 48.5 Å². The van der Waals surface area contributed by atoms with Crippen LogP contribution in [0.3, 0.4) is 0 Å². The van der Waals surface area contributed by atoms with Gasteiger partial charge in [0.25, 0.3) is 5.91 Å². The van der Waals surface area contributed by atoms with Crippen LogP contribution in [0, 0.1) is 6.92 Å². The number of nitrogens with zero attached hydrogens (tertiary/aromatic N) is 3. The first-order valence-electron chi connectivity index (χ1n) is 9.81. The number of carbonyl (C=O) groups is 2. The summed E-state index contributed by atoms with van der Waals surface area (Å²) in [5, 5.41) is 22.0. The molecular formula is C24H19BrN4O3. The number of halogens is 1. The highest BCUT2D eigenvalue weighted by molar-refractivity contribution is 9.10. The highest BCUT2D eigenvalue weighted by Crippen LogP contribution is 2.38. The molecule has 0 spiro atoms. The second-order valence-corrected chi connectivity index (χ2v) is 8.12. The SMILES string of the molecule is Cc1ccc(NC(=O)Cn2c(O)c(N=NC(=O)c3ccc(Br)cc3)c3ccccc32)cc1. The summed E-state index contributed by atoms with van der Waals surface area (Å²) in [5.74, 6) is -1.08. The second kappa shape index (κ2) is 9.15.